The Balaban J connectivity index is 2.16. The van der Waals surface area contributed by atoms with Gasteiger partial charge in [-0.15, -0.1) is 0 Å². The van der Waals surface area contributed by atoms with Crippen molar-refractivity contribution >= 4 is 5.69 Å². The van der Waals surface area contributed by atoms with E-state index in [9.17, 15) is 0 Å². The molecule has 0 bridgehead atoms. The van der Waals surface area contributed by atoms with Crippen LogP contribution in [0.25, 0.3) is 0 Å². The van der Waals surface area contributed by atoms with Gasteiger partial charge in [-0.2, -0.15) is 0 Å². The van der Waals surface area contributed by atoms with Crippen molar-refractivity contribution in [2.24, 2.45) is 0 Å². The summed E-state index contributed by atoms with van der Waals surface area (Å²) in [6, 6.07) is 10.9. The van der Waals surface area contributed by atoms with E-state index < -0.39 is 0 Å². The number of hydrogen-bond acceptors (Lipinski definition) is 2. The van der Waals surface area contributed by atoms with Gasteiger partial charge in [-0.05, 0) is 32.0 Å². The molecule has 2 N–H and O–H groups in total. The maximum absolute atomic E-state index is 3.39. The van der Waals surface area contributed by atoms with Crippen molar-refractivity contribution < 1.29 is 0 Å². The lowest BCUT2D eigenvalue weighted by Crippen LogP contribution is -2.27. The molecule has 1 atom stereocenters. The van der Waals surface area contributed by atoms with Crippen molar-refractivity contribution in [2.45, 2.75) is 26.3 Å². The average Bonchev–Trinajstić information content (AvgIpc) is 2.20. The molecule has 2 nitrogen and oxygen atoms in total. The van der Waals surface area contributed by atoms with Crippen LogP contribution in [0.5, 0.6) is 0 Å². The predicted molar refractivity (Wildman–Crippen MR) is 62.7 cm³/mol. The van der Waals surface area contributed by atoms with Crippen molar-refractivity contribution in [2.75, 3.05) is 18.4 Å². The van der Waals surface area contributed by atoms with Crippen molar-refractivity contribution in [3.8, 4) is 0 Å². The highest BCUT2D eigenvalue weighted by Gasteiger charge is 1.98. The fourth-order valence-electron chi connectivity index (χ4n) is 1.44. The van der Waals surface area contributed by atoms with E-state index in [0.29, 0.717) is 6.04 Å². The van der Waals surface area contributed by atoms with Gasteiger partial charge in [-0.3, -0.25) is 0 Å². The molecule has 14 heavy (non-hydrogen) atoms. The molecule has 1 aromatic carbocycles. The zero-order valence-corrected chi connectivity index (χ0v) is 9.09. The molecule has 0 aromatic heterocycles. The Hall–Kier alpha value is -1.02. The van der Waals surface area contributed by atoms with Crippen LogP contribution in [0.2, 0.25) is 0 Å². The van der Waals surface area contributed by atoms with Gasteiger partial charge in [0.15, 0.2) is 0 Å². The summed E-state index contributed by atoms with van der Waals surface area (Å²) in [5.74, 6) is 0. The summed E-state index contributed by atoms with van der Waals surface area (Å²) in [6.07, 6.45) is 1.16. The summed E-state index contributed by atoms with van der Waals surface area (Å²) in [6.45, 7) is 6.43. The van der Waals surface area contributed by atoms with Crippen molar-refractivity contribution in [1.82, 2.24) is 5.32 Å². The fraction of sp³-hybridized carbons (Fsp3) is 0.500. The molecule has 1 aromatic rings. The molecule has 1 unspecified atom stereocenters. The average molecular weight is 192 g/mol. The topological polar surface area (TPSA) is 24.1 Å². The maximum atomic E-state index is 3.39. The van der Waals surface area contributed by atoms with E-state index in [1.807, 2.05) is 6.07 Å². The first-order valence-electron chi connectivity index (χ1n) is 5.35. The van der Waals surface area contributed by atoms with Crippen LogP contribution in [0.4, 0.5) is 5.69 Å². The van der Waals surface area contributed by atoms with E-state index in [1.54, 1.807) is 0 Å². The molecule has 0 heterocycles. The third-order valence-corrected chi connectivity index (χ3v) is 2.23. The summed E-state index contributed by atoms with van der Waals surface area (Å²) in [5.41, 5.74) is 1.20. The molecule has 0 aliphatic rings. The van der Waals surface area contributed by atoms with E-state index in [0.717, 1.165) is 19.5 Å². The molecule has 0 amide bonds. The summed E-state index contributed by atoms with van der Waals surface area (Å²) < 4.78 is 0. The summed E-state index contributed by atoms with van der Waals surface area (Å²) >= 11 is 0. The predicted octanol–water partition coefficient (Wildman–Crippen LogP) is 2.49. The molecule has 1 rings (SSSR count). The minimum absolute atomic E-state index is 0.594. The SMILES string of the molecule is CCNC(C)CCNc1ccccc1. The van der Waals surface area contributed by atoms with Crippen LogP contribution in [0, 0.1) is 0 Å². The first kappa shape index (κ1) is 11.1. The van der Waals surface area contributed by atoms with Crippen LogP contribution < -0.4 is 10.6 Å². The van der Waals surface area contributed by atoms with Gasteiger partial charge >= 0.3 is 0 Å². The van der Waals surface area contributed by atoms with Gasteiger partial charge in [-0.25, -0.2) is 0 Å². The Bertz CT molecular complexity index is 233. The second-order valence-corrected chi connectivity index (χ2v) is 3.54. The lowest BCUT2D eigenvalue weighted by Gasteiger charge is -2.12. The van der Waals surface area contributed by atoms with Crippen LogP contribution in [-0.4, -0.2) is 19.1 Å². The lowest BCUT2D eigenvalue weighted by molar-refractivity contribution is 0.543. The van der Waals surface area contributed by atoms with E-state index in [1.165, 1.54) is 5.69 Å². The van der Waals surface area contributed by atoms with Crippen LogP contribution >= 0.6 is 0 Å². The Morgan fingerprint density at radius 2 is 1.93 bits per heavy atom. The van der Waals surface area contributed by atoms with Gasteiger partial charge in [0.1, 0.15) is 0 Å². The lowest BCUT2D eigenvalue weighted by atomic mass is 10.2. The van der Waals surface area contributed by atoms with Gasteiger partial charge in [0.2, 0.25) is 0 Å². The Morgan fingerprint density at radius 1 is 1.21 bits per heavy atom. The van der Waals surface area contributed by atoms with E-state index in [4.69, 9.17) is 0 Å². The van der Waals surface area contributed by atoms with Crippen molar-refractivity contribution in [3.63, 3.8) is 0 Å². The second-order valence-electron chi connectivity index (χ2n) is 3.54. The fourth-order valence-corrected chi connectivity index (χ4v) is 1.44. The van der Waals surface area contributed by atoms with E-state index in [-0.39, 0.29) is 0 Å². The molecule has 0 fully saturated rings. The monoisotopic (exact) mass is 192 g/mol. The van der Waals surface area contributed by atoms with Crippen LogP contribution in [0.1, 0.15) is 20.3 Å². The van der Waals surface area contributed by atoms with Crippen molar-refractivity contribution in [1.29, 1.82) is 0 Å². The summed E-state index contributed by atoms with van der Waals surface area (Å²) in [4.78, 5) is 0. The van der Waals surface area contributed by atoms with E-state index >= 15 is 0 Å². The molecule has 0 aliphatic carbocycles. The highest BCUT2D eigenvalue weighted by Crippen LogP contribution is 2.04. The molecule has 0 radical (unpaired) electrons. The van der Waals surface area contributed by atoms with Crippen LogP contribution in [0.3, 0.4) is 0 Å². The molecule has 0 spiro atoms. The minimum Gasteiger partial charge on any atom is -0.385 e. The minimum atomic E-state index is 0.594. The number of hydrogen-bond donors (Lipinski definition) is 2. The Kier molecular flexibility index (Phi) is 5.08. The third-order valence-electron chi connectivity index (χ3n) is 2.23. The highest BCUT2D eigenvalue weighted by molar-refractivity contribution is 5.42. The zero-order valence-electron chi connectivity index (χ0n) is 9.09. The molecular formula is C12H20N2. The number of anilines is 1. The molecule has 0 saturated carbocycles. The van der Waals surface area contributed by atoms with Gasteiger partial charge in [0.25, 0.3) is 0 Å². The van der Waals surface area contributed by atoms with E-state index in [2.05, 4.69) is 48.7 Å². The number of para-hydroxylation sites is 1. The second kappa shape index (κ2) is 6.44. The zero-order chi connectivity index (χ0) is 10.2. The molecule has 78 valence electrons. The van der Waals surface area contributed by atoms with Gasteiger partial charge in [-0.1, -0.05) is 25.1 Å². The maximum Gasteiger partial charge on any atom is 0.0340 e. The summed E-state index contributed by atoms with van der Waals surface area (Å²) in [5, 5.41) is 6.79. The molecule has 2 heteroatoms. The Labute approximate surface area is 86.7 Å². The van der Waals surface area contributed by atoms with Gasteiger partial charge in [0, 0.05) is 18.3 Å². The molecular weight excluding hydrogens is 172 g/mol. The highest BCUT2D eigenvalue weighted by atomic mass is 14.9. The first-order chi connectivity index (χ1) is 6.83. The number of rotatable bonds is 6. The summed E-state index contributed by atoms with van der Waals surface area (Å²) in [7, 11) is 0. The normalized spacial score (nSPS) is 12.4. The van der Waals surface area contributed by atoms with Crippen LogP contribution in [-0.2, 0) is 0 Å². The third kappa shape index (κ3) is 4.28. The van der Waals surface area contributed by atoms with Crippen LogP contribution in [0.15, 0.2) is 30.3 Å². The Morgan fingerprint density at radius 3 is 2.57 bits per heavy atom. The first-order valence-corrected chi connectivity index (χ1v) is 5.35. The smallest absolute Gasteiger partial charge is 0.0340 e. The molecule has 0 aliphatic heterocycles. The number of benzene rings is 1. The quantitative estimate of drug-likeness (QED) is 0.723. The van der Waals surface area contributed by atoms with Crippen molar-refractivity contribution in [3.05, 3.63) is 30.3 Å². The number of nitrogens with one attached hydrogen (secondary N) is 2. The largest absolute Gasteiger partial charge is 0.385 e. The molecule has 0 saturated heterocycles. The van der Waals surface area contributed by atoms with Gasteiger partial charge in [0.05, 0.1) is 0 Å². The standard InChI is InChI=1S/C12H20N2/c1-3-13-11(2)9-10-14-12-7-5-4-6-8-12/h4-8,11,13-14H,3,9-10H2,1-2H3. The van der Waals surface area contributed by atoms with Gasteiger partial charge < -0.3 is 10.6 Å².